The SMILES string of the molecule is c1cc(C2CC3CCC2N3)cs1. The van der Waals surface area contributed by atoms with Crippen LogP contribution in [0, 0.1) is 0 Å². The first-order valence-electron chi connectivity index (χ1n) is 4.71. The molecule has 0 saturated carbocycles. The fourth-order valence-corrected chi connectivity index (χ4v) is 3.40. The summed E-state index contributed by atoms with van der Waals surface area (Å²) in [5, 5.41) is 8.18. The summed E-state index contributed by atoms with van der Waals surface area (Å²) in [6.07, 6.45) is 4.18. The van der Waals surface area contributed by atoms with E-state index in [0.29, 0.717) is 0 Å². The molecule has 2 saturated heterocycles. The van der Waals surface area contributed by atoms with Crippen LogP contribution in [0.1, 0.15) is 30.7 Å². The number of fused-ring (bicyclic) bond motifs is 2. The van der Waals surface area contributed by atoms with Crippen molar-refractivity contribution in [3.05, 3.63) is 22.4 Å². The Balaban J connectivity index is 1.87. The van der Waals surface area contributed by atoms with Crippen molar-refractivity contribution in [2.45, 2.75) is 37.3 Å². The molecule has 2 fully saturated rings. The number of hydrogen-bond acceptors (Lipinski definition) is 2. The van der Waals surface area contributed by atoms with Crippen LogP contribution in [0.15, 0.2) is 16.8 Å². The van der Waals surface area contributed by atoms with E-state index in [9.17, 15) is 0 Å². The van der Waals surface area contributed by atoms with Gasteiger partial charge in [-0.1, -0.05) is 0 Å². The maximum atomic E-state index is 3.67. The van der Waals surface area contributed by atoms with Crippen molar-refractivity contribution in [2.24, 2.45) is 0 Å². The Hall–Kier alpha value is -0.340. The Kier molecular flexibility index (Phi) is 1.52. The Morgan fingerprint density at radius 2 is 2.42 bits per heavy atom. The molecule has 1 N–H and O–H groups in total. The topological polar surface area (TPSA) is 12.0 Å². The van der Waals surface area contributed by atoms with Crippen molar-refractivity contribution >= 4 is 11.3 Å². The monoisotopic (exact) mass is 179 g/mol. The quantitative estimate of drug-likeness (QED) is 0.698. The molecular formula is C10H13NS. The summed E-state index contributed by atoms with van der Waals surface area (Å²) in [5.41, 5.74) is 1.57. The van der Waals surface area contributed by atoms with E-state index in [-0.39, 0.29) is 0 Å². The normalized spacial score (nSPS) is 39.2. The molecule has 3 unspecified atom stereocenters. The second kappa shape index (κ2) is 2.57. The Labute approximate surface area is 76.8 Å². The van der Waals surface area contributed by atoms with E-state index >= 15 is 0 Å². The molecule has 0 aliphatic carbocycles. The molecule has 1 aromatic heterocycles. The molecule has 3 heterocycles. The zero-order valence-electron chi connectivity index (χ0n) is 6.99. The third-order valence-electron chi connectivity index (χ3n) is 3.27. The first-order valence-corrected chi connectivity index (χ1v) is 5.66. The lowest BCUT2D eigenvalue weighted by atomic mass is 9.85. The molecule has 64 valence electrons. The van der Waals surface area contributed by atoms with Gasteiger partial charge in [-0.15, -0.1) is 0 Å². The highest BCUT2D eigenvalue weighted by Gasteiger charge is 2.39. The smallest absolute Gasteiger partial charge is 0.0140 e. The summed E-state index contributed by atoms with van der Waals surface area (Å²) in [6.45, 7) is 0. The molecule has 12 heavy (non-hydrogen) atoms. The Morgan fingerprint density at radius 3 is 3.00 bits per heavy atom. The minimum atomic E-state index is 0.796. The van der Waals surface area contributed by atoms with Crippen molar-refractivity contribution < 1.29 is 0 Å². The number of thiophene rings is 1. The number of nitrogens with one attached hydrogen (secondary N) is 1. The van der Waals surface area contributed by atoms with Crippen LogP contribution >= 0.6 is 11.3 Å². The Bertz CT molecular complexity index is 267. The predicted molar refractivity (Wildman–Crippen MR) is 51.6 cm³/mol. The van der Waals surface area contributed by atoms with E-state index in [2.05, 4.69) is 22.1 Å². The van der Waals surface area contributed by atoms with E-state index in [1.54, 1.807) is 5.56 Å². The van der Waals surface area contributed by atoms with Gasteiger partial charge in [-0.2, -0.15) is 11.3 Å². The van der Waals surface area contributed by atoms with Crippen molar-refractivity contribution in [2.75, 3.05) is 0 Å². The first kappa shape index (κ1) is 7.10. The molecule has 3 rings (SSSR count). The molecule has 0 radical (unpaired) electrons. The van der Waals surface area contributed by atoms with Gasteiger partial charge in [-0.05, 0) is 41.7 Å². The summed E-state index contributed by atoms with van der Waals surface area (Å²) in [5.74, 6) is 0.829. The van der Waals surface area contributed by atoms with Gasteiger partial charge in [0.1, 0.15) is 0 Å². The Morgan fingerprint density at radius 1 is 1.42 bits per heavy atom. The van der Waals surface area contributed by atoms with Crippen LogP contribution in [0.2, 0.25) is 0 Å². The van der Waals surface area contributed by atoms with Gasteiger partial charge in [0.05, 0.1) is 0 Å². The summed E-state index contributed by atoms with van der Waals surface area (Å²) in [7, 11) is 0. The molecule has 3 atom stereocenters. The van der Waals surface area contributed by atoms with Crippen LogP contribution in [0.25, 0.3) is 0 Å². The maximum absolute atomic E-state index is 3.67. The third kappa shape index (κ3) is 0.947. The van der Waals surface area contributed by atoms with Gasteiger partial charge < -0.3 is 5.32 Å². The molecule has 0 aromatic carbocycles. The van der Waals surface area contributed by atoms with E-state index in [4.69, 9.17) is 0 Å². The standard InChI is InChI=1S/C10H13NS/c1-2-10-9(5-8(1)11-10)7-3-4-12-6-7/h3-4,6,8-11H,1-2,5H2. The van der Waals surface area contributed by atoms with Crippen molar-refractivity contribution in [1.29, 1.82) is 0 Å². The molecule has 0 spiro atoms. The van der Waals surface area contributed by atoms with Gasteiger partial charge in [0.15, 0.2) is 0 Å². The second-order valence-electron chi connectivity index (χ2n) is 3.95. The number of hydrogen-bond donors (Lipinski definition) is 1. The molecule has 2 aliphatic heterocycles. The molecule has 0 amide bonds. The minimum absolute atomic E-state index is 0.796. The van der Waals surface area contributed by atoms with Crippen molar-refractivity contribution in [3.8, 4) is 0 Å². The second-order valence-corrected chi connectivity index (χ2v) is 4.73. The third-order valence-corrected chi connectivity index (χ3v) is 3.97. The number of rotatable bonds is 1. The molecule has 2 heteroatoms. The first-order chi connectivity index (χ1) is 5.93. The van der Waals surface area contributed by atoms with Gasteiger partial charge in [0, 0.05) is 18.0 Å². The average molecular weight is 179 g/mol. The highest BCUT2D eigenvalue weighted by Crippen LogP contribution is 2.40. The molecule has 2 aliphatic rings. The highest BCUT2D eigenvalue weighted by atomic mass is 32.1. The molecule has 1 aromatic rings. The highest BCUT2D eigenvalue weighted by molar-refractivity contribution is 7.07. The van der Waals surface area contributed by atoms with Gasteiger partial charge in [0.25, 0.3) is 0 Å². The minimum Gasteiger partial charge on any atom is -0.311 e. The van der Waals surface area contributed by atoms with E-state index in [1.807, 2.05) is 11.3 Å². The molecular weight excluding hydrogens is 166 g/mol. The van der Waals surface area contributed by atoms with Crippen LogP contribution in [0.4, 0.5) is 0 Å². The fourth-order valence-electron chi connectivity index (χ4n) is 2.68. The average Bonchev–Trinajstić information content (AvgIpc) is 2.81. The summed E-state index contributed by atoms with van der Waals surface area (Å²) in [6, 6.07) is 3.92. The molecule has 2 bridgehead atoms. The largest absolute Gasteiger partial charge is 0.311 e. The lowest BCUT2D eigenvalue weighted by Crippen LogP contribution is -2.21. The van der Waals surface area contributed by atoms with Gasteiger partial charge in [-0.3, -0.25) is 0 Å². The van der Waals surface area contributed by atoms with Crippen LogP contribution in [0.3, 0.4) is 0 Å². The van der Waals surface area contributed by atoms with Crippen LogP contribution in [-0.2, 0) is 0 Å². The summed E-state index contributed by atoms with van der Waals surface area (Å²) >= 11 is 1.83. The van der Waals surface area contributed by atoms with E-state index in [0.717, 1.165) is 18.0 Å². The maximum Gasteiger partial charge on any atom is 0.0140 e. The lowest BCUT2D eigenvalue weighted by molar-refractivity contribution is 0.507. The lowest BCUT2D eigenvalue weighted by Gasteiger charge is -2.18. The zero-order valence-corrected chi connectivity index (χ0v) is 7.81. The fraction of sp³-hybridized carbons (Fsp3) is 0.600. The van der Waals surface area contributed by atoms with Crippen LogP contribution < -0.4 is 5.32 Å². The summed E-state index contributed by atoms with van der Waals surface area (Å²) in [4.78, 5) is 0. The van der Waals surface area contributed by atoms with E-state index in [1.165, 1.54) is 19.3 Å². The van der Waals surface area contributed by atoms with Crippen LogP contribution in [-0.4, -0.2) is 12.1 Å². The van der Waals surface area contributed by atoms with Gasteiger partial charge in [-0.25, -0.2) is 0 Å². The zero-order chi connectivity index (χ0) is 7.97. The predicted octanol–water partition coefficient (Wildman–Crippen LogP) is 2.36. The van der Waals surface area contributed by atoms with E-state index < -0.39 is 0 Å². The van der Waals surface area contributed by atoms with Gasteiger partial charge in [0.2, 0.25) is 0 Å². The van der Waals surface area contributed by atoms with Gasteiger partial charge >= 0.3 is 0 Å². The van der Waals surface area contributed by atoms with Crippen molar-refractivity contribution in [1.82, 2.24) is 5.32 Å². The van der Waals surface area contributed by atoms with Crippen LogP contribution in [0.5, 0.6) is 0 Å². The van der Waals surface area contributed by atoms with Crippen molar-refractivity contribution in [3.63, 3.8) is 0 Å². The summed E-state index contributed by atoms with van der Waals surface area (Å²) < 4.78 is 0. The molecule has 1 nitrogen and oxygen atoms in total.